The van der Waals surface area contributed by atoms with E-state index in [1.54, 1.807) is 12.1 Å². The van der Waals surface area contributed by atoms with Crippen LogP contribution in [0.1, 0.15) is 64.6 Å². The SMILES string of the molecule is Cc1ccc(CNC(=O)c2ccc3c(c2)nc2n3CCN(C3CCCCC3)C2=O)o1. The molecule has 1 N–H and O–H groups in total. The maximum atomic E-state index is 13.1. The van der Waals surface area contributed by atoms with Crippen LogP contribution >= 0.6 is 0 Å². The molecule has 1 saturated carbocycles. The van der Waals surface area contributed by atoms with Gasteiger partial charge in [0.25, 0.3) is 11.8 Å². The Labute approximate surface area is 175 Å². The summed E-state index contributed by atoms with van der Waals surface area (Å²) in [5.74, 6) is 1.85. The molecule has 2 amide bonds. The number of amides is 2. The molecule has 0 bridgehead atoms. The van der Waals surface area contributed by atoms with Crippen LogP contribution in [0.3, 0.4) is 0 Å². The Balaban J connectivity index is 1.36. The highest BCUT2D eigenvalue weighted by atomic mass is 16.3. The molecule has 0 spiro atoms. The summed E-state index contributed by atoms with van der Waals surface area (Å²) >= 11 is 0. The van der Waals surface area contributed by atoms with Crippen LogP contribution in [0.5, 0.6) is 0 Å². The Morgan fingerprint density at radius 3 is 2.77 bits per heavy atom. The molecule has 0 atom stereocenters. The molecular formula is C23H26N4O3. The Hall–Kier alpha value is -3.09. The highest BCUT2D eigenvalue weighted by Crippen LogP contribution is 2.28. The molecule has 2 aromatic heterocycles. The van der Waals surface area contributed by atoms with Gasteiger partial charge >= 0.3 is 0 Å². The lowest BCUT2D eigenvalue weighted by Gasteiger charge is -2.36. The standard InChI is InChI=1S/C23H26N4O3/c1-15-7-9-18(30-15)14-24-22(28)16-8-10-20-19(13-16)25-21-23(29)26(11-12-27(20)21)17-5-3-2-4-6-17/h7-10,13,17H,2-6,11-12,14H2,1H3,(H,24,28). The van der Waals surface area contributed by atoms with Crippen molar-refractivity contribution >= 4 is 22.8 Å². The minimum atomic E-state index is -0.188. The second-order valence-corrected chi connectivity index (χ2v) is 8.28. The van der Waals surface area contributed by atoms with Gasteiger partial charge in [-0.15, -0.1) is 0 Å². The van der Waals surface area contributed by atoms with Gasteiger partial charge in [-0.05, 0) is 50.1 Å². The van der Waals surface area contributed by atoms with E-state index in [2.05, 4.69) is 10.3 Å². The Kier molecular flexibility index (Phi) is 4.81. The molecule has 5 rings (SSSR count). The Morgan fingerprint density at radius 2 is 2.00 bits per heavy atom. The van der Waals surface area contributed by atoms with Crippen LogP contribution in [0.4, 0.5) is 0 Å². The minimum Gasteiger partial charge on any atom is -0.465 e. The molecule has 1 aliphatic carbocycles. The number of carbonyl (C=O) groups is 2. The molecule has 3 aromatic rings. The molecule has 1 aromatic carbocycles. The molecule has 0 unspecified atom stereocenters. The Morgan fingerprint density at radius 1 is 1.17 bits per heavy atom. The average molecular weight is 406 g/mol. The summed E-state index contributed by atoms with van der Waals surface area (Å²) < 4.78 is 7.48. The van der Waals surface area contributed by atoms with E-state index in [4.69, 9.17) is 4.42 Å². The van der Waals surface area contributed by atoms with E-state index in [0.717, 1.165) is 37.2 Å². The predicted molar refractivity (Wildman–Crippen MR) is 112 cm³/mol. The number of carbonyl (C=O) groups excluding carboxylic acids is 2. The molecule has 2 aliphatic rings. The number of hydrogen-bond acceptors (Lipinski definition) is 4. The van der Waals surface area contributed by atoms with Gasteiger partial charge < -0.3 is 19.2 Å². The molecule has 0 saturated heterocycles. The number of imidazole rings is 1. The smallest absolute Gasteiger partial charge is 0.290 e. The summed E-state index contributed by atoms with van der Waals surface area (Å²) in [5, 5.41) is 2.87. The van der Waals surface area contributed by atoms with E-state index in [9.17, 15) is 9.59 Å². The maximum Gasteiger partial charge on any atom is 0.290 e. The number of nitrogens with zero attached hydrogens (tertiary/aromatic N) is 3. The number of nitrogens with one attached hydrogen (secondary N) is 1. The van der Waals surface area contributed by atoms with E-state index in [1.165, 1.54) is 19.3 Å². The molecule has 30 heavy (non-hydrogen) atoms. The summed E-state index contributed by atoms with van der Waals surface area (Å²) in [6, 6.07) is 9.51. The van der Waals surface area contributed by atoms with E-state index in [1.807, 2.05) is 34.6 Å². The molecule has 1 aliphatic heterocycles. The molecular weight excluding hydrogens is 380 g/mol. The van der Waals surface area contributed by atoms with Gasteiger partial charge in [0.05, 0.1) is 17.6 Å². The monoisotopic (exact) mass is 406 g/mol. The number of aryl methyl sites for hydroxylation is 1. The third kappa shape index (κ3) is 3.38. The van der Waals surface area contributed by atoms with Crippen LogP contribution in [0.2, 0.25) is 0 Å². The van der Waals surface area contributed by atoms with Crippen molar-refractivity contribution < 1.29 is 14.0 Å². The van der Waals surface area contributed by atoms with Gasteiger partial charge in [-0.3, -0.25) is 9.59 Å². The van der Waals surface area contributed by atoms with Crippen LogP contribution < -0.4 is 5.32 Å². The lowest BCUT2D eigenvalue weighted by atomic mass is 9.94. The van der Waals surface area contributed by atoms with E-state index in [-0.39, 0.29) is 11.8 Å². The lowest BCUT2D eigenvalue weighted by molar-refractivity contribution is 0.0566. The van der Waals surface area contributed by atoms with Gasteiger partial charge in [0, 0.05) is 24.7 Å². The van der Waals surface area contributed by atoms with Crippen molar-refractivity contribution in [1.29, 1.82) is 0 Å². The maximum absolute atomic E-state index is 13.1. The summed E-state index contributed by atoms with van der Waals surface area (Å²) in [6.07, 6.45) is 5.83. The van der Waals surface area contributed by atoms with Crippen LogP contribution in [0.15, 0.2) is 34.7 Å². The fourth-order valence-electron chi connectivity index (χ4n) is 4.69. The van der Waals surface area contributed by atoms with Crippen LogP contribution in [-0.2, 0) is 13.1 Å². The summed E-state index contributed by atoms with van der Waals surface area (Å²) in [4.78, 5) is 32.3. The first-order valence-electron chi connectivity index (χ1n) is 10.7. The van der Waals surface area contributed by atoms with Crippen molar-refractivity contribution in [2.75, 3.05) is 6.54 Å². The number of rotatable bonds is 4. The van der Waals surface area contributed by atoms with Gasteiger partial charge in [-0.2, -0.15) is 0 Å². The zero-order chi connectivity index (χ0) is 20.7. The number of fused-ring (bicyclic) bond motifs is 3. The highest BCUT2D eigenvalue weighted by Gasteiger charge is 2.33. The summed E-state index contributed by atoms with van der Waals surface area (Å²) in [5.41, 5.74) is 2.11. The number of benzene rings is 1. The summed E-state index contributed by atoms with van der Waals surface area (Å²) in [6.45, 7) is 3.68. The number of furan rings is 1. The van der Waals surface area contributed by atoms with Crippen molar-refractivity contribution in [2.45, 2.75) is 58.2 Å². The zero-order valence-corrected chi connectivity index (χ0v) is 17.2. The van der Waals surface area contributed by atoms with Crippen LogP contribution in [0.25, 0.3) is 11.0 Å². The van der Waals surface area contributed by atoms with Gasteiger partial charge in [-0.1, -0.05) is 19.3 Å². The van der Waals surface area contributed by atoms with Crippen LogP contribution in [0, 0.1) is 6.92 Å². The van der Waals surface area contributed by atoms with E-state index in [0.29, 0.717) is 35.3 Å². The van der Waals surface area contributed by atoms with Gasteiger partial charge in [-0.25, -0.2) is 4.98 Å². The molecule has 7 nitrogen and oxygen atoms in total. The summed E-state index contributed by atoms with van der Waals surface area (Å²) in [7, 11) is 0. The number of aromatic nitrogens is 2. The fourth-order valence-corrected chi connectivity index (χ4v) is 4.69. The second kappa shape index (κ2) is 7.63. The normalized spacial score (nSPS) is 17.4. The first kappa shape index (κ1) is 18.9. The predicted octanol–water partition coefficient (Wildman–Crippen LogP) is 3.66. The minimum absolute atomic E-state index is 0.0172. The van der Waals surface area contributed by atoms with Crippen molar-refractivity contribution in [3.05, 3.63) is 53.2 Å². The molecule has 156 valence electrons. The third-order valence-corrected chi connectivity index (χ3v) is 6.26. The molecule has 7 heteroatoms. The van der Waals surface area contributed by atoms with E-state index < -0.39 is 0 Å². The topological polar surface area (TPSA) is 80.4 Å². The third-order valence-electron chi connectivity index (χ3n) is 6.26. The van der Waals surface area contributed by atoms with Crippen molar-refractivity contribution in [3.63, 3.8) is 0 Å². The Bertz CT molecular complexity index is 1110. The lowest BCUT2D eigenvalue weighted by Crippen LogP contribution is -2.47. The second-order valence-electron chi connectivity index (χ2n) is 8.28. The van der Waals surface area contributed by atoms with Crippen LogP contribution in [-0.4, -0.2) is 38.9 Å². The molecule has 1 fully saturated rings. The quantitative estimate of drug-likeness (QED) is 0.717. The number of hydrogen-bond donors (Lipinski definition) is 1. The van der Waals surface area contributed by atoms with Crippen molar-refractivity contribution in [1.82, 2.24) is 19.8 Å². The molecule has 3 heterocycles. The largest absolute Gasteiger partial charge is 0.465 e. The average Bonchev–Trinajstić information content (AvgIpc) is 3.36. The van der Waals surface area contributed by atoms with E-state index >= 15 is 0 Å². The van der Waals surface area contributed by atoms with Crippen molar-refractivity contribution in [3.8, 4) is 0 Å². The van der Waals surface area contributed by atoms with Gasteiger partial charge in [0.1, 0.15) is 11.5 Å². The first-order chi connectivity index (χ1) is 14.6. The first-order valence-corrected chi connectivity index (χ1v) is 10.7. The van der Waals surface area contributed by atoms with Gasteiger partial charge in [0.2, 0.25) is 0 Å². The van der Waals surface area contributed by atoms with Crippen molar-refractivity contribution in [2.24, 2.45) is 0 Å². The zero-order valence-electron chi connectivity index (χ0n) is 17.2. The fraction of sp³-hybridized carbons (Fsp3) is 0.435. The molecule has 0 radical (unpaired) electrons. The van der Waals surface area contributed by atoms with Gasteiger partial charge in [0.15, 0.2) is 5.82 Å². The highest BCUT2D eigenvalue weighted by molar-refractivity contribution is 6.00.